The Hall–Kier alpha value is -3.44. The molecule has 0 radical (unpaired) electrons. The van der Waals surface area contributed by atoms with Crippen molar-refractivity contribution in [2.45, 2.75) is 24.3 Å². The molecule has 2 aromatic carbocycles. The van der Waals surface area contributed by atoms with Crippen LogP contribution in [-0.2, 0) is 19.6 Å². The Morgan fingerprint density at radius 1 is 1.09 bits per heavy atom. The molecule has 11 heteroatoms. The Morgan fingerprint density at radius 3 is 2.47 bits per heavy atom. The Balaban J connectivity index is 1.34. The first-order chi connectivity index (χ1) is 16.3. The summed E-state index contributed by atoms with van der Waals surface area (Å²) in [5.41, 5.74) is 0.779. The van der Waals surface area contributed by atoms with Crippen LogP contribution in [-0.4, -0.2) is 74.2 Å². The molecule has 3 amide bonds. The molecule has 180 valence electrons. The van der Waals surface area contributed by atoms with E-state index in [2.05, 4.69) is 10.6 Å². The van der Waals surface area contributed by atoms with Crippen molar-refractivity contribution in [3.63, 3.8) is 0 Å². The summed E-state index contributed by atoms with van der Waals surface area (Å²) in [4.78, 5) is 38.3. The van der Waals surface area contributed by atoms with Crippen LogP contribution in [0.25, 0.3) is 0 Å². The normalized spacial score (nSPS) is 18.4. The number of anilines is 1. The highest BCUT2D eigenvalue weighted by molar-refractivity contribution is 7.89. The van der Waals surface area contributed by atoms with Crippen LogP contribution >= 0.6 is 0 Å². The van der Waals surface area contributed by atoms with E-state index in [1.807, 2.05) is 6.92 Å². The van der Waals surface area contributed by atoms with Crippen LogP contribution in [0.3, 0.4) is 0 Å². The molecule has 1 saturated heterocycles. The minimum Gasteiger partial charge on any atom is -0.478 e. The van der Waals surface area contributed by atoms with Gasteiger partial charge in [0.15, 0.2) is 6.10 Å². The molecule has 10 nitrogen and oxygen atoms in total. The van der Waals surface area contributed by atoms with Crippen molar-refractivity contribution in [3.8, 4) is 5.75 Å². The smallest absolute Gasteiger partial charge is 0.265 e. The number of hydrogen-bond acceptors (Lipinski definition) is 6. The highest BCUT2D eigenvalue weighted by Gasteiger charge is 2.32. The molecule has 0 bridgehead atoms. The summed E-state index contributed by atoms with van der Waals surface area (Å²) in [5.74, 6) is -0.501. The highest BCUT2D eigenvalue weighted by Crippen LogP contribution is 2.33. The fourth-order valence-corrected chi connectivity index (χ4v) is 5.29. The number of nitrogens with zero attached hydrogens (tertiary/aromatic N) is 2. The van der Waals surface area contributed by atoms with E-state index in [-0.39, 0.29) is 55.3 Å². The number of carbonyl (C=O) groups is 3. The number of hydrogen-bond donors (Lipinski definition) is 2. The molecule has 1 fully saturated rings. The first kappa shape index (κ1) is 23.7. The van der Waals surface area contributed by atoms with E-state index in [0.717, 1.165) is 0 Å². The first-order valence-corrected chi connectivity index (χ1v) is 12.5. The molecule has 34 heavy (non-hydrogen) atoms. The van der Waals surface area contributed by atoms with Gasteiger partial charge in [-0.15, -0.1) is 0 Å². The number of benzene rings is 2. The summed E-state index contributed by atoms with van der Waals surface area (Å²) in [6.45, 7) is 2.33. The third-order valence-electron chi connectivity index (χ3n) is 5.81. The van der Waals surface area contributed by atoms with E-state index < -0.39 is 16.1 Å². The second kappa shape index (κ2) is 9.82. The van der Waals surface area contributed by atoms with Gasteiger partial charge in [0.2, 0.25) is 15.9 Å². The highest BCUT2D eigenvalue weighted by atomic mass is 32.2. The molecule has 4 rings (SSSR count). The van der Waals surface area contributed by atoms with E-state index in [1.54, 1.807) is 36.4 Å². The second-order valence-corrected chi connectivity index (χ2v) is 9.93. The zero-order valence-electron chi connectivity index (χ0n) is 18.7. The van der Waals surface area contributed by atoms with Gasteiger partial charge in [0.1, 0.15) is 5.75 Å². The maximum absolute atomic E-state index is 13.1. The summed E-state index contributed by atoms with van der Waals surface area (Å²) in [6, 6.07) is 13.0. The Morgan fingerprint density at radius 2 is 1.79 bits per heavy atom. The summed E-state index contributed by atoms with van der Waals surface area (Å²) in [6.07, 6.45) is -0.0948. The molecule has 2 aromatic rings. The van der Waals surface area contributed by atoms with Crippen molar-refractivity contribution in [2.75, 3.05) is 38.0 Å². The monoisotopic (exact) mass is 486 g/mol. The summed E-state index contributed by atoms with van der Waals surface area (Å²) < 4.78 is 33.2. The largest absolute Gasteiger partial charge is 0.478 e. The van der Waals surface area contributed by atoms with Gasteiger partial charge in [-0.3, -0.25) is 14.4 Å². The Kier molecular flexibility index (Phi) is 6.85. The lowest BCUT2D eigenvalue weighted by atomic mass is 10.2. The van der Waals surface area contributed by atoms with Gasteiger partial charge in [0, 0.05) is 31.7 Å². The molecule has 0 aliphatic carbocycles. The number of ether oxygens (including phenoxy) is 1. The van der Waals surface area contributed by atoms with Gasteiger partial charge in [0.05, 0.1) is 17.1 Å². The average molecular weight is 487 g/mol. The van der Waals surface area contributed by atoms with Gasteiger partial charge >= 0.3 is 0 Å². The van der Waals surface area contributed by atoms with E-state index in [9.17, 15) is 22.8 Å². The van der Waals surface area contributed by atoms with Crippen molar-refractivity contribution in [1.29, 1.82) is 0 Å². The van der Waals surface area contributed by atoms with Crippen molar-refractivity contribution in [3.05, 3.63) is 54.1 Å². The van der Waals surface area contributed by atoms with E-state index in [0.29, 0.717) is 23.4 Å². The van der Waals surface area contributed by atoms with Crippen LogP contribution in [0.2, 0.25) is 0 Å². The zero-order chi connectivity index (χ0) is 24.3. The van der Waals surface area contributed by atoms with Crippen molar-refractivity contribution in [1.82, 2.24) is 14.5 Å². The van der Waals surface area contributed by atoms with E-state index in [4.69, 9.17) is 4.74 Å². The number of sulfonamides is 1. The fraction of sp³-hybridized carbons (Fsp3) is 0.348. The number of rotatable bonds is 6. The van der Waals surface area contributed by atoms with Crippen LogP contribution < -0.4 is 15.4 Å². The van der Waals surface area contributed by atoms with Gasteiger partial charge in [-0.2, -0.15) is 4.31 Å². The summed E-state index contributed by atoms with van der Waals surface area (Å²) in [5, 5.41) is 5.29. The van der Waals surface area contributed by atoms with Crippen LogP contribution in [0.15, 0.2) is 53.4 Å². The number of fused-ring (bicyclic) bond motifs is 1. The molecule has 0 spiro atoms. The number of carbonyl (C=O) groups excluding carboxylic acids is 3. The van der Waals surface area contributed by atoms with Gasteiger partial charge in [-0.05, 0) is 36.8 Å². The molecular weight excluding hydrogens is 460 g/mol. The standard InChI is InChI=1S/C23H26N4O6S/c1-2-19-23(30)25-18-14-17(8-9-20(18)33-19)34(31,32)27-12-10-26(11-13-27)21(28)15-24-22(29)16-6-4-3-5-7-16/h3-9,14,19H,2,10-13,15H2,1H3,(H,24,29)(H,25,30)/t19-/m1/s1. The topological polar surface area (TPSA) is 125 Å². The Bertz CT molecular complexity index is 1190. The molecule has 0 unspecified atom stereocenters. The third-order valence-corrected chi connectivity index (χ3v) is 7.70. The van der Waals surface area contributed by atoms with Crippen LogP contribution in [0.1, 0.15) is 23.7 Å². The maximum atomic E-state index is 13.1. The maximum Gasteiger partial charge on any atom is 0.265 e. The van der Waals surface area contributed by atoms with Crippen LogP contribution in [0.4, 0.5) is 5.69 Å². The van der Waals surface area contributed by atoms with E-state index >= 15 is 0 Å². The second-order valence-electron chi connectivity index (χ2n) is 8.00. The molecule has 2 aliphatic heterocycles. The lowest BCUT2D eigenvalue weighted by molar-refractivity contribution is -0.131. The quantitative estimate of drug-likeness (QED) is 0.629. The lowest BCUT2D eigenvalue weighted by Crippen LogP contribution is -2.52. The molecule has 0 saturated carbocycles. The molecule has 2 N–H and O–H groups in total. The minimum atomic E-state index is -3.82. The first-order valence-electron chi connectivity index (χ1n) is 11.0. The van der Waals surface area contributed by atoms with E-state index in [1.165, 1.54) is 21.3 Å². The van der Waals surface area contributed by atoms with Crippen molar-refractivity contribution >= 4 is 33.4 Å². The van der Waals surface area contributed by atoms with Gasteiger partial charge in [-0.1, -0.05) is 25.1 Å². The molecular formula is C23H26N4O6S. The van der Waals surface area contributed by atoms with Crippen molar-refractivity contribution < 1.29 is 27.5 Å². The molecule has 2 heterocycles. The van der Waals surface area contributed by atoms with Gasteiger partial charge in [-0.25, -0.2) is 8.42 Å². The molecule has 1 atom stereocenters. The van der Waals surface area contributed by atoms with Crippen molar-refractivity contribution in [2.24, 2.45) is 0 Å². The zero-order valence-corrected chi connectivity index (χ0v) is 19.5. The summed E-state index contributed by atoms with van der Waals surface area (Å²) in [7, 11) is -3.82. The van der Waals surface area contributed by atoms with Gasteiger partial charge < -0.3 is 20.3 Å². The molecule has 0 aromatic heterocycles. The third kappa shape index (κ3) is 4.90. The fourth-order valence-electron chi connectivity index (χ4n) is 3.84. The lowest BCUT2D eigenvalue weighted by Gasteiger charge is -2.34. The van der Waals surface area contributed by atoms with Crippen LogP contribution in [0.5, 0.6) is 5.75 Å². The summed E-state index contributed by atoms with van der Waals surface area (Å²) >= 11 is 0. The number of amides is 3. The average Bonchev–Trinajstić information content (AvgIpc) is 2.86. The molecule has 2 aliphatic rings. The Labute approximate surface area is 197 Å². The number of nitrogens with one attached hydrogen (secondary N) is 2. The predicted molar refractivity (Wildman–Crippen MR) is 124 cm³/mol. The minimum absolute atomic E-state index is 0.0417. The van der Waals surface area contributed by atoms with Crippen LogP contribution in [0, 0.1) is 0 Å². The predicted octanol–water partition coefficient (Wildman–Crippen LogP) is 1.06. The SMILES string of the molecule is CC[C@H]1Oc2ccc(S(=O)(=O)N3CCN(C(=O)CNC(=O)c4ccccc4)CC3)cc2NC1=O. The number of piperazine rings is 1. The van der Waals surface area contributed by atoms with Gasteiger partial charge in [0.25, 0.3) is 11.8 Å².